The average Bonchev–Trinajstić information content (AvgIpc) is 2.72. The first-order valence-electron chi connectivity index (χ1n) is 9.10. The molecule has 4 rings (SSSR count). The van der Waals surface area contributed by atoms with Crippen LogP contribution >= 0.6 is 0 Å². The first-order chi connectivity index (χ1) is 13.2. The topological polar surface area (TPSA) is 63.2 Å². The minimum atomic E-state index is 0.684. The Balaban J connectivity index is 1.53. The minimum absolute atomic E-state index is 0.684. The molecule has 138 valence electrons. The zero-order valence-corrected chi connectivity index (χ0v) is 15.6. The van der Waals surface area contributed by atoms with Gasteiger partial charge in [-0.05, 0) is 36.2 Å². The van der Waals surface area contributed by atoms with Crippen LogP contribution in [0.25, 0.3) is 0 Å². The summed E-state index contributed by atoms with van der Waals surface area (Å²) in [5.74, 6) is 2.74. The normalized spacial score (nSPS) is 13.2. The number of aryl methyl sites for hydroxylation is 1. The number of aromatic nitrogens is 3. The predicted molar refractivity (Wildman–Crippen MR) is 106 cm³/mol. The molecule has 0 aliphatic carbocycles. The molecule has 2 aromatic heterocycles. The molecule has 0 atom stereocenters. The van der Waals surface area contributed by atoms with E-state index < -0.39 is 0 Å². The average molecular weight is 361 g/mol. The van der Waals surface area contributed by atoms with Gasteiger partial charge in [-0.2, -0.15) is 0 Å². The molecule has 1 N–H and O–H groups in total. The van der Waals surface area contributed by atoms with Crippen molar-refractivity contribution in [2.45, 2.75) is 26.4 Å². The van der Waals surface area contributed by atoms with Gasteiger partial charge in [-0.1, -0.05) is 18.2 Å². The molecular weight excluding hydrogens is 338 g/mol. The third-order valence-corrected chi connectivity index (χ3v) is 4.82. The van der Waals surface area contributed by atoms with E-state index in [2.05, 4.69) is 50.3 Å². The molecule has 0 saturated carbocycles. The molecule has 6 nitrogen and oxygen atoms in total. The van der Waals surface area contributed by atoms with Crippen molar-refractivity contribution in [2.24, 2.45) is 0 Å². The number of pyridine rings is 1. The summed E-state index contributed by atoms with van der Waals surface area (Å²) in [6.07, 6.45) is 4.45. The van der Waals surface area contributed by atoms with Gasteiger partial charge in [0.25, 0.3) is 0 Å². The number of anilines is 2. The molecule has 6 heteroatoms. The summed E-state index contributed by atoms with van der Waals surface area (Å²) in [7, 11) is 1.68. The molecule has 1 aliphatic heterocycles. The van der Waals surface area contributed by atoms with Crippen LogP contribution in [-0.2, 0) is 19.5 Å². The first kappa shape index (κ1) is 17.3. The van der Waals surface area contributed by atoms with Gasteiger partial charge in [-0.15, -0.1) is 0 Å². The summed E-state index contributed by atoms with van der Waals surface area (Å²) < 4.78 is 5.30. The molecule has 0 unspecified atom stereocenters. The summed E-state index contributed by atoms with van der Waals surface area (Å²) in [5, 5.41) is 3.47. The van der Waals surface area contributed by atoms with Gasteiger partial charge in [-0.3, -0.25) is 0 Å². The van der Waals surface area contributed by atoms with Gasteiger partial charge >= 0.3 is 0 Å². The van der Waals surface area contributed by atoms with E-state index in [1.165, 1.54) is 5.56 Å². The Bertz CT molecular complexity index is 926. The zero-order valence-electron chi connectivity index (χ0n) is 15.6. The smallest absolute Gasteiger partial charge is 0.134 e. The number of rotatable bonds is 5. The van der Waals surface area contributed by atoms with Crippen LogP contribution in [0.4, 0.5) is 11.6 Å². The summed E-state index contributed by atoms with van der Waals surface area (Å²) >= 11 is 0. The van der Waals surface area contributed by atoms with Crippen molar-refractivity contribution in [3.63, 3.8) is 0 Å². The van der Waals surface area contributed by atoms with Crippen molar-refractivity contribution in [3.05, 3.63) is 71.3 Å². The minimum Gasteiger partial charge on any atom is -0.497 e. The van der Waals surface area contributed by atoms with Crippen molar-refractivity contribution < 1.29 is 4.74 Å². The molecule has 0 saturated heterocycles. The predicted octanol–water partition coefficient (Wildman–Crippen LogP) is 3.36. The Hall–Kier alpha value is -3.15. The third kappa shape index (κ3) is 3.84. The largest absolute Gasteiger partial charge is 0.497 e. The van der Waals surface area contributed by atoms with Crippen LogP contribution in [0.2, 0.25) is 0 Å². The van der Waals surface area contributed by atoms with Gasteiger partial charge in [-0.25, -0.2) is 15.0 Å². The van der Waals surface area contributed by atoms with Crippen molar-refractivity contribution in [1.82, 2.24) is 15.0 Å². The number of ether oxygens (including phenoxy) is 1. The third-order valence-electron chi connectivity index (χ3n) is 4.82. The van der Waals surface area contributed by atoms with Gasteiger partial charge < -0.3 is 15.0 Å². The van der Waals surface area contributed by atoms with Crippen LogP contribution in [0.15, 0.2) is 48.9 Å². The summed E-state index contributed by atoms with van der Waals surface area (Å²) in [4.78, 5) is 15.8. The Labute approximate surface area is 159 Å². The highest BCUT2D eigenvalue weighted by molar-refractivity contribution is 5.52. The molecule has 27 heavy (non-hydrogen) atoms. The summed E-state index contributed by atoms with van der Waals surface area (Å²) in [5.41, 5.74) is 4.57. The van der Waals surface area contributed by atoms with E-state index >= 15 is 0 Å². The van der Waals surface area contributed by atoms with Gasteiger partial charge in [0.1, 0.15) is 23.7 Å². The molecule has 1 aromatic carbocycles. The molecule has 0 spiro atoms. The summed E-state index contributed by atoms with van der Waals surface area (Å²) in [6.45, 7) is 4.40. The standard InChI is InChI=1S/C21H23N5O/c1-15-6-7-20(22-11-15)26-9-8-19-18(13-26)21(25-14-24-19)23-12-16-4-3-5-17(10-16)27-2/h3-7,10-11,14H,8-9,12-13H2,1-2H3,(H,23,24,25). The molecule has 0 radical (unpaired) electrons. The maximum absolute atomic E-state index is 5.30. The maximum Gasteiger partial charge on any atom is 0.134 e. The number of nitrogens with one attached hydrogen (secondary N) is 1. The SMILES string of the molecule is COc1cccc(CNc2ncnc3c2CN(c2ccc(C)cn2)CC3)c1. The Morgan fingerprint density at radius 1 is 1.15 bits per heavy atom. The quantitative estimate of drug-likeness (QED) is 0.752. The fraction of sp³-hybridized carbons (Fsp3) is 0.286. The lowest BCUT2D eigenvalue weighted by Gasteiger charge is -2.30. The van der Waals surface area contributed by atoms with Crippen molar-refractivity contribution in [2.75, 3.05) is 23.9 Å². The Morgan fingerprint density at radius 3 is 2.89 bits per heavy atom. The van der Waals surface area contributed by atoms with Crippen LogP contribution in [-0.4, -0.2) is 28.6 Å². The van der Waals surface area contributed by atoms with E-state index in [0.717, 1.165) is 53.7 Å². The highest BCUT2D eigenvalue weighted by atomic mass is 16.5. The Morgan fingerprint density at radius 2 is 2.07 bits per heavy atom. The van der Waals surface area contributed by atoms with Crippen LogP contribution in [0, 0.1) is 6.92 Å². The fourth-order valence-electron chi connectivity index (χ4n) is 3.30. The number of fused-ring (bicyclic) bond motifs is 1. The van der Waals surface area contributed by atoms with E-state index in [-0.39, 0.29) is 0 Å². The van der Waals surface area contributed by atoms with Gasteiger partial charge in [0.15, 0.2) is 0 Å². The van der Waals surface area contributed by atoms with E-state index in [1.54, 1.807) is 13.4 Å². The lowest BCUT2D eigenvalue weighted by molar-refractivity contribution is 0.414. The number of nitrogens with zero attached hydrogens (tertiary/aromatic N) is 4. The number of benzene rings is 1. The van der Waals surface area contributed by atoms with E-state index in [9.17, 15) is 0 Å². The Kier molecular flexibility index (Phi) is 4.87. The van der Waals surface area contributed by atoms with Crippen LogP contribution in [0.1, 0.15) is 22.4 Å². The molecule has 0 amide bonds. The van der Waals surface area contributed by atoms with Crippen LogP contribution in [0.3, 0.4) is 0 Å². The van der Waals surface area contributed by atoms with E-state index in [0.29, 0.717) is 6.54 Å². The second-order valence-electron chi connectivity index (χ2n) is 6.72. The van der Waals surface area contributed by atoms with Gasteiger partial charge in [0.05, 0.1) is 12.8 Å². The van der Waals surface area contributed by atoms with E-state index in [4.69, 9.17) is 4.74 Å². The molecule has 3 heterocycles. The fourth-order valence-corrected chi connectivity index (χ4v) is 3.30. The molecule has 0 fully saturated rings. The second-order valence-corrected chi connectivity index (χ2v) is 6.72. The van der Waals surface area contributed by atoms with Crippen LogP contribution < -0.4 is 15.0 Å². The molecule has 1 aliphatic rings. The lowest BCUT2D eigenvalue weighted by Crippen LogP contribution is -2.32. The summed E-state index contributed by atoms with van der Waals surface area (Å²) in [6, 6.07) is 12.2. The molecule has 0 bridgehead atoms. The highest BCUT2D eigenvalue weighted by Crippen LogP contribution is 2.26. The second kappa shape index (κ2) is 7.61. The van der Waals surface area contributed by atoms with Crippen molar-refractivity contribution >= 4 is 11.6 Å². The van der Waals surface area contributed by atoms with E-state index in [1.807, 2.05) is 24.4 Å². The van der Waals surface area contributed by atoms with Crippen molar-refractivity contribution in [3.8, 4) is 5.75 Å². The van der Waals surface area contributed by atoms with Gasteiger partial charge in [0, 0.05) is 37.8 Å². The molecular formula is C21H23N5O. The molecule has 3 aromatic rings. The van der Waals surface area contributed by atoms with Crippen molar-refractivity contribution in [1.29, 1.82) is 0 Å². The first-order valence-corrected chi connectivity index (χ1v) is 9.10. The monoisotopic (exact) mass is 361 g/mol. The lowest BCUT2D eigenvalue weighted by atomic mass is 10.1. The number of hydrogen-bond donors (Lipinski definition) is 1. The number of methoxy groups -OCH3 is 1. The zero-order chi connectivity index (χ0) is 18.6. The van der Waals surface area contributed by atoms with Gasteiger partial charge in [0.2, 0.25) is 0 Å². The maximum atomic E-state index is 5.30. The van der Waals surface area contributed by atoms with Crippen LogP contribution in [0.5, 0.6) is 5.75 Å². The highest BCUT2D eigenvalue weighted by Gasteiger charge is 2.22. The number of hydrogen-bond acceptors (Lipinski definition) is 6.